The van der Waals surface area contributed by atoms with E-state index in [9.17, 15) is 9.36 Å². The van der Waals surface area contributed by atoms with E-state index < -0.39 is 30.7 Å². The molecule has 0 N–H and O–H groups in total. The normalized spacial score (nSPS) is 27.2. The van der Waals surface area contributed by atoms with Crippen LogP contribution in [-0.4, -0.2) is 64.2 Å². The molecular weight excluding hydrogens is 569 g/mol. The van der Waals surface area contributed by atoms with Crippen LogP contribution in [-0.2, 0) is 24.5 Å². The van der Waals surface area contributed by atoms with Crippen LogP contribution in [0.3, 0.4) is 0 Å². The molecule has 0 bridgehead atoms. The van der Waals surface area contributed by atoms with Crippen molar-refractivity contribution in [1.29, 1.82) is 0 Å². The van der Waals surface area contributed by atoms with E-state index in [1.807, 2.05) is 101 Å². The molecule has 44 heavy (non-hydrogen) atoms. The highest BCUT2D eigenvalue weighted by Gasteiger charge is 2.59. The Hall–Kier alpha value is -3.06. The lowest BCUT2D eigenvalue weighted by Crippen LogP contribution is -2.37. The highest BCUT2D eigenvalue weighted by molar-refractivity contribution is 7.62. The van der Waals surface area contributed by atoms with Crippen LogP contribution in [0.5, 0.6) is 0 Å². The van der Waals surface area contributed by atoms with E-state index >= 15 is 0 Å². The number of fused-ring (bicyclic) bond motifs is 1. The zero-order valence-corrected chi connectivity index (χ0v) is 27.3. The molecule has 5 atom stereocenters. The van der Waals surface area contributed by atoms with Crippen molar-refractivity contribution >= 4 is 13.4 Å². The van der Waals surface area contributed by atoms with Gasteiger partial charge >= 0.3 is 5.97 Å². The predicted octanol–water partition coefficient (Wildman–Crippen LogP) is 7.20. The van der Waals surface area contributed by atoms with E-state index in [1.165, 1.54) is 0 Å². The summed E-state index contributed by atoms with van der Waals surface area (Å²) in [5, 5.41) is 1.73. The third kappa shape index (κ3) is 5.61. The van der Waals surface area contributed by atoms with Crippen molar-refractivity contribution in [1.82, 2.24) is 14.4 Å². The maximum atomic E-state index is 14.5. The van der Waals surface area contributed by atoms with Crippen molar-refractivity contribution in [2.24, 2.45) is 0 Å². The molecule has 7 nitrogen and oxygen atoms in total. The molecule has 6 rings (SSSR count). The molecule has 2 saturated heterocycles. The monoisotopic (exact) mass is 613 g/mol. The fraction of sp³-hybridized carbons (Fsp3) is 0.417. The fourth-order valence-corrected chi connectivity index (χ4v) is 9.65. The summed E-state index contributed by atoms with van der Waals surface area (Å²) in [7, 11) is 0.994. The number of hydroxylamine groups is 2. The van der Waals surface area contributed by atoms with Crippen LogP contribution in [0, 0.1) is 0 Å². The van der Waals surface area contributed by atoms with Gasteiger partial charge in [0.05, 0.1) is 6.04 Å². The van der Waals surface area contributed by atoms with E-state index in [2.05, 4.69) is 45.7 Å². The summed E-state index contributed by atoms with van der Waals surface area (Å²) in [6.07, 6.45) is 6.33. The molecule has 1 saturated carbocycles. The standard InChI is InChI=1S/C36H44N3O4P/c1-35(2,3)42-34(40)33-32(25-26-44(41)37(4)30-23-15-16-24-31(30)38(44)5)39(33)43-36(27-17-9-6-10-18-27,28-19-11-7-12-20-28)29-21-13-8-14-22-29/h6-14,17-22,25-26,30-33H,15-16,23-24H2,1-5H3/b26-25+/t30-,31-,32-,33-,39?/m1/s1. The second-order valence-electron chi connectivity index (χ2n) is 13.2. The van der Waals surface area contributed by atoms with Crippen molar-refractivity contribution in [2.75, 3.05) is 14.1 Å². The summed E-state index contributed by atoms with van der Waals surface area (Å²) in [6, 6.07) is 29.7. The molecule has 0 spiro atoms. The Morgan fingerprint density at radius 1 is 0.773 bits per heavy atom. The summed E-state index contributed by atoms with van der Waals surface area (Å²) >= 11 is 0. The van der Waals surface area contributed by atoms with Crippen LogP contribution in [0.1, 0.15) is 63.1 Å². The first-order chi connectivity index (χ1) is 21.1. The highest BCUT2D eigenvalue weighted by Crippen LogP contribution is 2.63. The average Bonchev–Trinajstić information content (AvgIpc) is 3.69. The minimum absolute atomic E-state index is 0.277. The molecule has 1 aliphatic carbocycles. The Bertz CT molecular complexity index is 1410. The zero-order chi connectivity index (χ0) is 31.1. The first-order valence-corrected chi connectivity index (χ1v) is 17.4. The average molecular weight is 614 g/mol. The maximum absolute atomic E-state index is 14.5. The second-order valence-corrected chi connectivity index (χ2v) is 15.9. The van der Waals surface area contributed by atoms with Crippen LogP contribution in [0.2, 0.25) is 0 Å². The predicted molar refractivity (Wildman–Crippen MR) is 174 cm³/mol. The van der Waals surface area contributed by atoms with Crippen LogP contribution >= 0.6 is 7.44 Å². The van der Waals surface area contributed by atoms with Gasteiger partial charge in [-0.3, -0.25) is 14.2 Å². The molecule has 1 unspecified atom stereocenters. The van der Waals surface area contributed by atoms with E-state index in [-0.39, 0.29) is 18.1 Å². The van der Waals surface area contributed by atoms with Gasteiger partial charge in [0.25, 0.3) is 0 Å². The largest absolute Gasteiger partial charge is 0.459 e. The first kappa shape index (κ1) is 30.9. The molecular formula is C36H44N3O4P. The number of carbonyl (C=O) groups is 1. The smallest absolute Gasteiger partial charge is 0.328 e. The molecule has 232 valence electrons. The molecule has 3 fully saturated rings. The fourth-order valence-electron chi connectivity index (χ4n) is 7.00. The Morgan fingerprint density at radius 2 is 1.20 bits per heavy atom. The number of esters is 1. The van der Waals surface area contributed by atoms with E-state index in [0.29, 0.717) is 0 Å². The quantitative estimate of drug-likeness (QED) is 0.115. The molecule has 3 aromatic carbocycles. The number of hydrogen-bond acceptors (Lipinski definition) is 5. The van der Waals surface area contributed by atoms with E-state index in [0.717, 1.165) is 42.4 Å². The highest BCUT2D eigenvalue weighted by atomic mass is 31.2. The van der Waals surface area contributed by atoms with Crippen LogP contribution < -0.4 is 0 Å². The summed E-state index contributed by atoms with van der Waals surface area (Å²) in [5.74, 6) is 1.47. The lowest BCUT2D eigenvalue weighted by atomic mass is 9.80. The third-order valence-electron chi connectivity index (χ3n) is 9.27. The van der Waals surface area contributed by atoms with E-state index in [4.69, 9.17) is 9.57 Å². The summed E-state index contributed by atoms with van der Waals surface area (Å²) < 4.78 is 24.6. The number of nitrogens with zero attached hydrogens (tertiary/aromatic N) is 3. The molecule has 2 aliphatic heterocycles. The van der Waals surface area contributed by atoms with Crippen molar-refractivity contribution in [3.05, 3.63) is 120 Å². The van der Waals surface area contributed by atoms with Crippen molar-refractivity contribution in [2.45, 2.75) is 81.8 Å². The third-order valence-corrected chi connectivity index (χ3v) is 12.2. The number of likely N-dealkylation sites (N-methyl/N-ethyl adjacent to an activating group) is 2. The molecule has 0 radical (unpaired) electrons. The Balaban J connectivity index is 1.41. The van der Waals surface area contributed by atoms with Gasteiger partial charge in [-0.15, -0.1) is 0 Å². The van der Waals surface area contributed by atoms with Crippen molar-refractivity contribution < 1.29 is 18.9 Å². The van der Waals surface area contributed by atoms with Crippen LogP contribution in [0.15, 0.2) is 103 Å². The Kier molecular flexibility index (Phi) is 8.46. The van der Waals surface area contributed by atoms with Gasteiger partial charge in [0.1, 0.15) is 5.60 Å². The first-order valence-electron chi connectivity index (χ1n) is 15.7. The Morgan fingerprint density at radius 3 is 1.61 bits per heavy atom. The maximum Gasteiger partial charge on any atom is 0.328 e. The topological polar surface area (TPSA) is 62.1 Å². The summed E-state index contributed by atoms with van der Waals surface area (Å²) in [4.78, 5) is 20.8. The van der Waals surface area contributed by atoms with Crippen molar-refractivity contribution in [3.63, 3.8) is 0 Å². The van der Waals surface area contributed by atoms with E-state index in [1.54, 1.807) is 5.06 Å². The molecule has 0 aromatic heterocycles. The summed E-state index contributed by atoms with van der Waals surface area (Å²) in [6.45, 7) is 5.61. The van der Waals surface area contributed by atoms with Gasteiger partial charge < -0.3 is 4.74 Å². The second kappa shape index (κ2) is 12.0. The number of hydrogen-bond donors (Lipinski definition) is 0. The number of carbonyl (C=O) groups excluding carboxylic acids is 1. The molecule has 2 heterocycles. The number of benzene rings is 3. The van der Waals surface area contributed by atoms with Gasteiger partial charge in [0, 0.05) is 17.9 Å². The van der Waals surface area contributed by atoms with Gasteiger partial charge in [0.2, 0.25) is 7.44 Å². The van der Waals surface area contributed by atoms with Gasteiger partial charge in [-0.05, 0) is 64.4 Å². The molecule has 3 aromatic rings. The lowest BCUT2D eigenvalue weighted by Gasteiger charge is -2.36. The molecule has 3 aliphatic rings. The van der Waals surface area contributed by atoms with Crippen LogP contribution in [0.25, 0.3) is 0 Å². The van der Waals surface area contributed by atoms with Gasteiger partial charge in [0.15, 0.2) is 11.6 Å². The molecule has 8 heteroatoms. The van der Waals surface area contributed by atoms with Gasteiger partial charge in [-0.2, -0.15) is 5.06 Å². The van der Waals surface area contributed by atoms with Gasteiger partial charge in [-0.25, -0.2) is 9.34 Å². The molecule has 0 amide bonds. The number of rotatable bonds is 8. The Labute approximate surface area is 261 Å². The minimum atomic E-state index is -2.97. The minimum Gasteiger partial charge on any atom is -0.459 e. The SMILES string of the molecule is CN1[C@@H]2CCCC[C@H]2N(C)P1(=O)/C=C/[C@@H]1[C@H](C(=O)OC(C)(C)C)N1OC(c1ccccc1)(c1ccccc1)c1ccccc1. The van der Waals surface area contributed by atoms with Crippen molar-refractivity contribution in [3.8, 4) is 0 Å². The summed E-state index contributed by atoms with van der Waals surface area (Å²) in [5.41, 5.74) is 1.09. The van der Waals surface area contributed by atoms with Gasteiger partial charge in [-0.1, -0.05) is 110 Å². The zero-order valence-electron chi connectivity index (χ0n) is 26.4. The lowest BCUT2D eigenvalue weighted by molar-refractivity contribution is -0.178. The number of ether oxygens (including phenoxy) is 1. The van der Waals surface area contributed by atoms with Crippen LogP contribution in [0.4, 0.5) is 0 Å².